The molecule has 44 heavy (non-hydrogen) atoms. The van der Waals surface area contributed by atoms with Crippen molar-refractivity contribution in [3.8, 4) is 5.75 Å². The Labute approximate surface area is 260 Å². The third-order valence-electron chi connectivity index (χ3n) is 7.61. The maximum atomic E-state index is 13.5. The van der Waals surface area contributed by atoms with E-state index in [1.54, 1.807) is 46.8 Å². The molecule has 0 saturated heterocycles. The van der Waals surface area contributed by atoms with E-state index < -0.39 is 52.0 Å². The number of phenols is 1. The summed E-state index contributed by atoms with van der Waals surface area (Å²) in [5.41, 5.74) is -3.25. The van der Waals surface area contributed by atoms with Gasteiger partial charge in [0.15, 0.2) is 0 Å². The van der Waals surface area contributed by atoms with E-state index in [9.17, 15) is 29.1 Å². The summed E-state index contributed by atoms with van der Waals surface area (Å²) in [4.78, 5) is 64.8. The highest BCUT2D eigenvalue weighted by molar-refractivity contribution is 5.96. The second-order valence-corrected chi connectivity index (χ2v) is 13.8. The van der Waals surface area contributed by atoms with Crippen molar-refractivity contribution in [2.24, 2.45) is 5.41 Å². The van der Waals surface area contributed by atoms with Crippen molar-refractivity contribution in [1.29, 1.82) is 0 Å². The number of nitrogens with one attached hydrogen (secondary N) is 4. The summed E-state index contributed by atoms with van der Waals surface area (Å²) >= 11 is 0. The molecule has 1 fully saturated rings. The minimum atomic E-state index is -1.41. The van der Waals surface area contributed by atoms with Gasteiger partial charge in [-0.05, 0) is 84.4 Å². The number of alkyl carbamates (subject to hydrolysis) is 1. The van der Waals surface area contributed by atoms with Gasteiger partial charge in [0, 0.05) is 19.4 Å². The van der Waals surface area contributed by atoms with Gasteiger partial charge >= 0.3 is 12.1 Å². The van der Waals surface area contributed by atoms with Crippen molar-refractivity contribution in [2.45, 2.75) is 116 Å². The lowest BCUT2D eigenvalue weighted by atomic mass is 9.71. The zero-order valence-electron chi connectivity index (χ0n) is 27.3. The molecular weight excluding hydrogens is 568 g/mol. The number of carbonyl (C=O) groups excluding carboxylic acids is 5. The van der Waals surface area contributed by atoms with E-state index in [2.05, 4.69) is 21.3 Å². The fraction of sp³-hybridized carbons (Fsp3) is 0.656. The Balaban J connectivity index is 2.16. The second-order valence-electron chi connectivity index (χ2n) is 13.8. The highest BCUT2D eigenvalue weighted by atomic mass is 16.6. The molecule has 0 aliphatic heterocycles. The average Bonchev–Trinajstić information content (AvgIpc) is 2.91. The van der Waals surface area contributed by atoms with Gasteiger partial charge < -0.3 is 35.8 Å². The van der Waals surface area contributed by atoms with Crippen LogP contribution in [0.1, 0.15) is 92.6 Å². The van der Waals surface area contributed by atoms with Crippen LogP contribution in [0.5, 0.6) is 5.75 Å². The zero-order valence-corrected chi connectivity index (χ0v) is 27.3. The van der Waals surface area contributed by atoms with Gasteiger partial charge in [-0.1, -0.05) is 31.4 Å². The number of benzene rings is 1. The number of ether oxygens (including phenoxy) is 2. The van der Waals surface area contributed by atoms with Crippen LogP contribution in [-0.4, -0.2) is 71.3 Å². The van der Waals surface area contributed by atoms with Crippen LogP contribution in [0.25, 0.3) is 0 Å². The number of hydrogen-bond acceptors (Lipinski definition) is 8. The van der Waals surface area contributed by atoms with Crippen LogP contribution < -0.4 is 21.3 Å². The SMILES string of the molecule is COC(=O)C(C)(C)NC(=O)[C@H](Cc1ccc(O)cc1)NC(=O)C(C)(C)NC(=O)CC1(CNC(=O)OC(C)(C)C)CCCCC1. The van der Waals surface area contributed by atoms with E-state index in [1.807, 2.05) is 0 Å². The van der Waals surface area contributed by atoms with Crippen molar-refractivity contribution in [3.05, 3.63) is 29.8 Å². The van der Waals surface area contributed by atoms with Gasteiger partial charge in [0.25, 0.3) is 0 Å². The lowest BCUT2D eigenvalue weighted by Gasteiger charge is -2.38. The molecule has 12 heteroatoms. The Bertz CT molecular complexity index is 1180. The Kier molecular flexibility index (Phi) is 12.2. The van der Waals surface area contributed by atoms with E-state index in [0.29, 0.717) is 5.56 Å². The molecule has 0 spiro atoms. The number of phenolic OH excluding ortho intramolecular Hbond substituents is 1. The standard InChI is InChI=1S/C32H50N4O8/c1-29(2,3)44-28(42)33-20-32(16-10-9-11-17-32)19-24(38)35-30(4,5)26(40)34-23(18-21-12-14-22(37)15-13-21)25(39)36-31(6,7)27(41)43-8/h12-15,23,37H,9-11,16-20H2,1-8H3,(H,33,42)(H,34,40)(H,35,38)(H,36,39)/t23-/m0/s1. The van der Waals surface area contributed by atoms with Crippen LogP contribution >= 0.6 is 0 Å². The van der Waals surface area contributed by atoms with Gasteiger partial charge in [0.05, 0.1) is 7.11 Å². The minimum absolute atomic E-state index is 0.0477. The highest BCUT2D eigenvalue weighted by Gasteiger charge is 2.39. The van der Waals surface area contributed by atoms with E-state index in [0.717, 1.165) is 32.1 Å². The molecule has 1 saturated carbocycles. The number of aromatic hydroxyl groups is 1. The van der Waals surface area contributed by atoms with Gasteiger partial charge in [-0.25, -0.2) is 9.59 Å². The van der Waals surface area contributed by atoms with Crippen LogP contribution in [0.3, 0.4) is 0 Å². The lowest BCUT2D eigenvalue weighted by Crippen LogP contribution is -2.62. The quantitative estimate of drug-likeness (QED) is 0.222. The van der Waals surface area contributed by atoms with Crippen LogP contribution in [-0.2, 0) is 35.1 Å². The molecule has 0 heterocycles. The van der Waals surface area contributed by atoms with Gasteiger partial charge in [-0.3, -0.25) is 14.4 Å². The van der Waals surface area contributed by atoms with Crippen molar-refractivity contribution in [1.82, 2.24) is 21.3 Å². The number of methoxy groups -OCH3 is 1. The number of carbonyl (C=O) groups is 5. The summed E-state index contributed by atoms with van der Waals surface area (Å²) in [7, 11) is 1.21. The molecule has 1 aromatic rings. The van der Waals surface area contributed by atoms with Crippen molar-refractivity contribution in [2.75, 3.05) is 13.7 Å². The second kappa shape index (κ2) is 14.8. The van der Waals surface area contributed by atoms with Gasteiger partial charge in [-0.2, -0.15) is 0 Å². The monoisotopic (exact) mass is 618 g/mol. The van der Waals surface area contributed by atoms with E-state index in [4.69, 9.17) is 9.47 Å². The normalized spacial score (nSPS) is 15.7. The summed E-state index contributed by atoms with van der Waals surface area (Å²) in [6.07, 6.45) is 3.98. The van der Waals surface area contributed by atoms with E-state index in [1.165, 1.54) is 33.1 Å². The van der Waals surface area contributed by atoms with Gasteiger partial charge in [0.2, 0.25) is 17.7 Å². The van der Waals surface area contributed by atoms with Gasteiger partial charge in [-0.15, -0.1) is 0 Å². The predicted molar refractivity (Wildman–Crippen MR) is 165 cm³/mol. The molecule has 1 atom stereocenters. The average molecular weight is 619 g/mol. The summed E-state index contributed by atoms with van der Waals surface area (Å²) in [6.45, 7) is 11.7. The largest absolute Gasteiger partial charge is 0.508 e. The molecule has 1 aliphatic carbocycles. The molecule has 2 rings (SSSR count). The van der Waals surface area contributed by atoms with E-state index in [-0.39, 0.29) is 31.0 Å². The summed E-state index contributed by atoms with van der Waals surface area (Å²) in [5, 5.41) is 20.6. The fourth-order valence-electron chi connectivity index (χ4n) is 5.20. The van der Waals surface area contributed by atoms with Crippen LogP contribution in [0, 0.1) is 5.41 Å². The first kappa shape index (κ1) is 36.4. The number of amides is 4. The Morgan fingerprint density at radius 2 is 1.48 bits per heavy atom. The van der Waals surface area contributed by atoms with Crippen molar-refractivity contribution >= 4 is 29.8 Å². The highest BCUT2D eigenvalue weighted by Crippen LogP contribution is 2.39. The number of esters is 1. The predicted octanol–water partition coefficient (Wildman–Crippen LogP) is 3.25. The van der Waals surface area contributed by atoms with Crippen LogP contribution in [0.4, 0.5) is 4.79 Å². The van der Waals surface area contributed by atoms with Crippen molar-refractivity contribution < 1.29 is 38.6 Å². The van der Waals surface area contributed by atoms with Crippen LogP contribution in [0.2, 0.25) is 0 Å². The molecule has 1 aromatic carbocycles. The number of hydrogen-bond donors (Lipinski definition) is 5. The molecule has 1 aliphatic rings. The maximum absolute atomic E-state index is 13.5. The van der Waals surface area contributed by atoms with Crippen molar-refractivity contribution in [3.63, 3.8) is 0 Å². The molecule has 5 N–H and O–H groups in total. The summed E-state index contributed by atoms with van der Waals surface area (Å²) < 4.78 is 10.2. The number of rotatable bonds is 12. The zero-order chi connectivity index (χ0) is 33.3. The smallest absolute Gasteiger partial charge is 0.407 e. The first-order chi connectivity index (χ1) is 20.3. The minimum Gasteiger partial charge on any atom is -0.508 e. The molecule has 4 amide bonds. The first-order valence-corrected chi connectivity index (χ1v) is 15.0. The Morgan fingerprint density at radius 1 is 0.886 bits per heavy atom. The molecule has 0 radical (unpaired) electrons. The lowest BCUT2D eigenvalue weighted by molar-refractivity contribution is -0.149. The molecule has 0 bridgehead atoms. The molecule has 0 aromatic heterocycles. The molecule has 12 nitrogen and oxygen atoms in total. The molecular formula is C32H50N4O8. The van der Waals surface area contributed by atoms with E-state index >= 15 is 0 Å². The third kappa shape index (κ3) is 11.3. The van der Waals surface area contributed by atoms with Gasteiger partial charge in [0.1, 0.15) is 28.5 Å². The topological polar surface area (TPSA) is 172 Å². The molecule has 246 valence electrons. The fourth-order valence-corrected chi connectivity index (χ4v) is 5.20. The Morgan fingerprint density at radius 3 is 2.02 bits per heavy atom. The Hall–Kier alpha value is -3.83. The third-order valence-corrected chi connectivity index (χ3v) is 7.61. The van der Waals surface area contributed by atoms with Crippen LogP contribution in [0.15, 0.2) is 24.3 Å². The maximum Gasteiger partial charge on any atom is 0.407 e. The summed E-state index contributed by atoms with van der Waals surface area (Å²) in [5.74, 6) is -2.20. The molecule has 0 unspecified atom stereocenters. The summed E-state index contributed by atoms with van der Waals surface area (Å²) in [6, 6.07) is 5.06. The first-order valence-electron chi connectivity index (χ1n) is 15.0.